The van der Waals surface area contributed by atoms with Crippen LogP contribution in [0, 0.1) is 0 Å². The Morgan fingerprint density at radius 1 is 0.842 bits per heavy atom. The number of carbonyl (C=O) groups is 3. The van der Waals surface area contributed by atoms with Gasteiger partial charge < -0.3 is 10.1 Å². The first-order chi connectivity index (χ1) is 18.5. The van der Waals surface area contributed by atoms with Crippen molar-refractivity contribution in [3.05, 3.63) is 64.1 Å². The number of hydrazone groups is 1. The molecular weight excluding hydrogens is 546 g/mol. The van der Waals surface area contributed by atoms with Crippen molar-refractivity contribution in [3.8, 4) is 5.75 Å². The van der Waals surface area contributed by atoms with Crippen LogP contribution in [-0.4, -0.2) is 30.5 Å². The van der Waals surface area contributed by atoms with E-state index in [0.717, 1.165) is 23.7 Å². The Labute approximate surface area is 234 Å². The third-order valence-corrected chi connectivity index (χ3v) is 6.50. The summed E-state index contributed by atoms with van der Waals surface area (Å²) < 4.78 is 6.16. The lowest BCUT2D eigenvalue weighted by Crippen LogP contribution is -2.34. The minimum atomic E-state index is -0.453. The number of nitrogens with one attached hydrogen (secondary N) is 2. The minimum Gasteiger partial charge on any atom is -0.423 e. The molecule has 0 saturated heterocycles. The van der Waals surface area contributed by atoms with Crippen molar-refractivity contribution in [2.24, 2.45) is 5.10 Å². The first-order valence-electron chi connectivity index (χ1n) is 13.6. The van der Waals surface area contributed by atoms with Crippen LogP contribution in [0.5, 0.6) is 5.75 Å². The highest BCUT2D eigenvalue weighted by atomic mass is 79.9. The molecule has 0 unspecified atom stereocenters. The predicted molar refractivity (Wildman–Crippen MR) is 155 cm³/mol. The molecule has 0 aromatic heterocycles. The number of ether oxygens (including phenoxy) is 1. The van der Waals surface area contributed by atoms with E-state index >= 15 is 0 Å². The Morgan fingerprint density at radius 3 is 2.11 bits per heavy atom. The summed E-state index contributed by atoms with van der Waals surface area (Å²) in [6, 6.07) is 13.7. The quantitative estimate of drug-likeness (QED) is 0.0651. The average molecular weight is 587 g/mol. The van der Waals surface area contributed by atoms with Gasteiger partial charge in [0.1, 0.15) is 5.75 Å². The van der Waals surface area contributed by atoms with Gasteiger partial charge in [-0.25, -0.2) is 10.2 Å². The van der Waals surface area contributed by atoms with Crippen molar-refractivity contribution >= 4 is 39.9 Å². The molecule has 0 heterocycles. The van der Waals surface area contributed by atoms with Gasteiger partial charge in [-0.1, -0.05) is 93.1 Å². The Bertz CT molecular complexity index is 1020. The fraction of sp³-hybridized carbons (Fsp3) is 0.467. The number of halogens is 1. The smallest absolute Gasteiger partial charge is 0.343 e. The van der Waals surface area contributed by atoms with E-state index in [2.05, 4.69) is 38.7 Å². The second kappa shape index (κ2) is 19.1. The number of carbonyl (C=O) groups excluding carboxylic acids is 3. The number of amides is 2. The molecule has 2 aromatic carbocycles. The number of esters is 1. The SMILES string of the molecule is CCCCCCCCCCCCCC(=O)NCC(=O)N/N=C/c1ccc(OC(=O)c2cccc(Br)c2)cc1. The Kier molecular flexibility index (Phi) is 15.7. The third-order valence-electron chi connectivity index (χ3n) is 6.01. The maximum atomic E-state index is 12.2. The highest BCUT2D eigenvalue weighted by Gasteiger charge is 2.09. The molecule has 0 bridgehead atoms. The highest BCUT2D eigenvalue weighted by Crippen LogP contribution is 2.16. The Hall–Kier alpha value is -3.00. The number of hydrogen-bond donors (Lipinski definition) is 2. The van der Waals surface area contributed by atoms with Crippen molar-refractivity contribution in [2.45, 2.75) is 84.0 Å². The molecule has 2 aromatic rings. The molecule has 0 aliphatic rings. The Balaban J connectivity index is 1.53. The maximum absolute atomic E-state index is 12.2. The van der Waals surface area contributed by atoms with Crippen LogP contribution >= 0.6 is 15.9 Å². The van der Waals surface area contributed by atoms with Gasteiger partial charge in [0, 0.05) is 10.9 Å². The summed E-state index contributed by atoms with van der Waals surface area (Å²) in [4.78, 5) is 36.1. The maximum Gasteiger partial charge on any atom is 0.343 e. The lowest BCUT2D eigenvalue weighted by Gasteiger charge is -2.05. The van der Waals surface area contributed by atoms with Crippen molar-refractivity contribution in [2.75, 3.05) is 6.54 Å². The minimum absolute atomic E-state index is 0.112. The molecule has 0 atom stereocenters. The van der Waals surface area contributed by atoms with Gasteiger partial charge in [-0.15, -0.1) is 0 Å². The third kappa shape index (κ3) is 14.1. The van der Waals surface area contributed by atoms with Gasteiger partial charge in [0.15, 0.2) is 0 Å². The van der Waals surface area contributed by atoms with E-state index in [0.29, 0.717) is 23.3 Å². The van der Waals surface area contributed by atoms with Crippen LogP contribution in [0.15, 0.2) is 58.1 Å². The molecule has 7 nitrogen and oxygen atoms in total. The summed E-state index contributed by atoms with van der Waals surface area (Å²) in [6.07, 6.45) is 15.5. The second-order valence-corrected chi connectivity index (χ2v) is 10.2. The van der Waals surface area contributed by atoms with E-state index in [1.54, 1.807) is 42.5 Å². The molecule has 2 amide bonds. The van der Waals surface area contributed by atoms with Crippen LogP contribution in [-0.2, 0) is 9.59 Å². The van der Waals surface area contributed by atoms with Crippen molar-refractivity contribution in [1.29, 1.82) is 0 Å². The van der Waals surface area contributed by atoms with Crippen LogP contribution in [0.25, 0.3) is 0 Å². The zero-order valence-corrected chi connectivity index (χ0v) is 23.9. The van der Waals surface area contributed by atoms with Gasteiger partial charge in [0.25, 0.3) is 5.91 Å². The second-order valence-electron chi connectivity index (χ2n) is 9.32. The summed E-state index contributed by atoms with van der Waals surface area (Å²) in [7, 11) is 0. The van der Waals surface area contributed by atoms with Gasteiger partial charge in [-0.3, -0.25) is 9.59 Å². The summed E-state index contributed by atoms with van der Waals surface area (Å²) in [5.41, 5.74) is 3.56. The van der Waals surface area contributed by atoms with Gasteiger partial charge in [-0.2, -0.15) is 5.10 Å². The summed E-state index contributed by atoms with van der Waals surface area (Å²) in [5, 5.41) is 6.54. The lowest BCUT2D eigenvalue weighted by atomic mass is 10.1. The zero-order valence-electron chi connectivity index (χ0n) is 22.3. The van der Waals surface area contributed by atoms with Crippen LogP contribution in [0.4, 0.5) is 0 Å². The van der Waals surface area contributed by atoms with Gasteiger partial charge in [-0.05, 0) is 54.4 Å². The van der Waals surface area contributed by atoms with Crippen LogP contribution < -0.4 is 15.5 Å². The number of benzene rings is 2. The first kappa shape index (κ1) is 31.2. The van der Waals surface area contributed by atoms with Gasteiger partial charge in [0.2, 0.25) is 5.91 Å². The average Bonchev–Trinajstić information content (AvgIpc) is 2.91. The molecule has 8 heteroatoms. The summed E-state index contributed by atoms with van der Waals surface area (Å²) in [5.74, 6) is -0.566. The van der Waals surface area contributed by atoms with E-state index in [-0.39, 0.29) is 12.5 Å². The van der Waals surface area contributed by atoms with Crippen molar-refractivity contribution in [1.82, 2.24) is 10.7 Å². The molecule has 0 fully saturated rings. The molecule has 38 heavy (non-hydrogen) atoms. The van der Waals surface area contributed by atoms with E-state index < -0.39 is 11.9 Å². The Morgan fingerprint density at radius 2 is 1.47 bits per heavy atom. The van der Waals surface area contributed by atoms with E-state index in [9.17, 15) is 14.4 Å². The molecule has 2 N–H and O–H groups in total. The topological polar surface area (TPSA) is 96.9 Å². The number of hydrogen-bond acceptors (Lipinski definition) is 5. The zero-order chi connectivity index (χ0) is 27.4. The normalized spacial score (nSPS) is 10.9. The molecule has 0 aliphatic heterocycles. The van der Waals surface area contributed by atoms with Gasteiger partial charge >= 0.3 is 5.97 Å². The first-order valence-corrected chi connectivity index (χ1v) is 14.4. The summed E-state index contributed by atoms with van der Waals surface area (Å²) >= 11 is 3.33. The number of nitrogens with zero attached hydrogens (tertiary/aromatic N) is 1. The van der Waals surface area contributed by atoms with Crippen molar-refractivity contribution in [3.63, 3.8) is 0 Å². The molecule has 0 spiro atoms. The van der Waals surface area contributed by atoms with Crippen LogP contribution in [0.3, 0.4) is 0 Å². The molecule has 0 radical (unpaired) electrons. The molecule has 0 saturated carbocycles. The van der Waals surface area contributed by atoms with Crippen molar-refractivity contribution < 1.29 is 19.1 Å². The fourth-order valence-corrected chi connectivity index (χ4v) is 4.24. The van der Waals surface area contributed by atoms with Crippen LogP contribution in [0.1, 0.15) is 99.9 Å². The summed E-state index contributed by atoms with van der Waals surface area (Å²) in [6.45, 7) is 2.13. The molecule has 206 valence electrons. The fourth-order valence-electron chi connectivity index (χ4n) is 3.84. The molecule has 2 rings (SSSR count). The number of rotatable bonds is 18. The van der Waals surface area contributed by atoms with Gasteiger partial charge in [0.05, 0.1) is 18.3 Å². The van der Waals surface area contributed by atoms with E-state index in [4.69, 9.17) is 4.74 Å². The van der Waals surface area contributed by atoms with E-state index in [1.165, 1.54) is 57.6 Å². The highest BCUT2D eigenvalue weighted by molar-refractivity contribution is 9.10. The molecule has 0 aliphatic carbocycles. The van der Waals surface area contributed by atoms with Crippen LogP contribution in [0.2, 0.25) is 0 Å². The lowest BCUT2D eigenvalue weighted by molar-refractivity contribution is -0.126. The standard InChI is InChI=1S/C30H40BrN3O4/c1-2-3-4-5-6-7-8-9-10-11-12-16-28(35)32-23-29(36)34-33-22-24-17-19-27(20-18-24)38-30(37)25-14-13-15-26(31)21-25/h13-15,17-22H,2-12,16,23H2,1H3,(H,32,35)(H,34,36)/b33-22+. The molecular formula is C30H40BrN3O4. The predicted octanol–water partition coefficient (Wildman–Crippen LogP) is 6.94. The van der Waals surface area contributed by atoms with E-state index in [1.807, 2.05) is 6.07 Å². The largest absolute Gasteiger partial charge is 0.423 e. The number of unbranched alkanes of at least 4 members (excludes halogenated alkanes) is 10. The monoisotopic (exact) mass is 585 g/mol.